The van der Waals surface area contributed by atoms with Gasteiger partial charge in [0.2, 0.25) is 5.91 Å². The molecule has 0 saturated carbocycles. The number of anilines is 1. The first kappa shape index (κ1) is 20.7. The quantitative estimate of drug-likeness (QED) is 0.804. The molecule has 1 aliphatic rings. The molecule has 2 N–H and O–H groups in total. The Morgan fingerprint density at radius 1 is 1.15 bits per heavy atom. The predicted octanol–water partition coefficient (Wildman–Crippen LogP) is 3.91. The molecule has 0 aliphatic carbocycles. The van der Waals surface area contributed by atoms with E-state index in [0.29, 0.717) is 0 Å². The number of halogens is 1. The van der Waals surface area contributed by atoms with Gasteiger partial charge in [0.05, 0.1) is 6.04 Å². The van der Waals surface area contributed by atoms with Gasteiger partial charge >= 0.3 is 0 Å². The van der Waals surface area contributed by atoms with Gasteiger partial charge in [0.1, 0.15) is 0 Å². The molecule has 1 atom stereocenters. The van der Waals surface area contributed by atoms with Gasteiger partial charge in [-0.1, -0.05) is 36.4 Å². The average Bonchev–Trinajstić information content (AvgIpc) is 2.66. The van der Waals surface area contributed by atoms with E-state index in [4.69, 9.17) is 0 Å². The van der Waals surface area contributed by atoms with E-state index < -0.39 is 0 Å². The summed E-state index contributed by atoms with van der Waals surface area (Å²) in [6.07, 6.45) is 3.61. The van der Waals surface area contributed by atoms with E-state index in [2.05, 4.69) is 33.7 Å². The van der Waals surface area contributed by atoms with E-state index in [0.717, 1.165) is 42.0 Å². The lowest BCUT2D eigenvalue weighted by atomic mass is 9.93. The lowest BCUT2D eigenvalue weighted by Crippen LogP contribution is -2.46. The van der Waals surface area contributed by atoms with Crippen molar-refractivity contribution in [2.24, 2.45) is 5.92 Å². The minimum Gasteiger partial charge on any atom is -0.324 e. The molecule has 1 unspecified atom stereocenters. The maximum Gasteiger partial charge on any atom is 0.241 e. The number of fused-ring (bicyclic) bond motifs is 1. The van der Waals surface area contributed by atoms with Gasteiger partial charge < -0.3 is 10.6 Å². The lowest BCUT2D eigenvalue weighted by molar-refractivity contribution is -0.121. The lowest BCUT2D eigenvalue weighted by Gasteiger charge is -2.35. The van der Waals surface area contributed by atoms with E-state index in [-0.39, 0.29) is 24.4 Å². The van der Waals surface area contributed by atoms with Crippen LogP contribution >= 0.6 is 12.4 Å². The first-order valence-electron chi connectivity index (χ1n) is 9.36. The van der Waals surface area contributed by atoms with E-state index >= 15 is 0 Å². The SMILES string of the molecule is CNCCC1CCN(C(C)C(=O)Nc2cccc3ccccc23)CC1.Cl. The van der Waals surface area contributed by atoms with E-state index in [1.165, 1.54) is 19.3 Å². The number of hydrogen-bond donors (Lipinski definition) is 2. The third kappa shape index (κ3) is 4.97. The summed E-state index contributed by atoms with van der Waals surface area (Å²) in [6, 6.07) is 14.1. The average molecular weight is 376 g/mol. The van der Waals surface area contributed by atoms with E-state index in [1.54, 1.807) is 0 Å². The third-order valence-corrected chi connectivity index (χ3v) is 5.43. The minimum atomic E-state index is -0.0933. The second-order valence-electron chi connectivity index (χ2n) is 7.06. The highest BCUT2D eigenvalue weighted by molar-refractivity contribution is 6.03. The molecule has 4 nitrogen and oxygen atoms in total. The van der Waals surface area contributed by atoms with E-state index in [9.17, 15) is 4.79 Å². The Labute approximate surface area is 162 Å². The molecule has 0 spiro atoms. The Morgan fingerprint density at radius 2 is 1.85 bits per heavy atom. The summed E-state index contributed by atoms with van der Waals surface area (Å²) in [5.41, 5.74) is 0.902. The van der Waals surface area contributed by atoms with Crippen molar-refractivity contribution in [1.29, 1.82) is 0 Å². The summed E-state index contributed by atoms with van der Waals surface area (Å²) in [7, 11) is 2.01. The number of likely N-dealkylation sites (tertiary alicyclic amines) is 1. The first-order chi connectivity index (χ1) is 12.2. The summed E-state index contributed by atoms with van der Waals surface area (Å²) in [6.45, 7) is 5.13. The van der Waals surface area contributed by atoms with Gasteiger partial charge in [0.25, 0.3) is 0 Å². The highest BCUT2D eigenvalue weighted by atomic mass is 35.5. The van der Waals surface area contributed by atoms with Crippen LogP contribution in [0.4, 0.5) is 5.69 Å². The molecule has 1 amide bonds. The van der Waals surface area contributed by atoms with Crippen LogP contribution in [-0.2, 0) is 4.79 Å². The zero-order valence-electron chi connectivity index (χ0n) is 15.7. The van der Waals surface area contributed by atoms with Crippen LogP contribution in [0.1, 0.15) is 26.2 Å². The fraction of sp³-hybridized carbons (Fsp3) is 0.476. The predicted molar refractivity (Wildman–Crippen MR) is 112 cm³/mol. The summed E-state index contributed by atoms with van der Waals surface area (Å²) in [5, 5.41) is 8.61. The molecular weight excluding hydrogens is 346 g/mol. The van der Waals surface area contributed by atoms with Crippen LogP contribution in [0.2, 0.25) is 0 Å². The molecule has 1 heterocycles. The van der Waals surface area contributed by atoms with Crippen molar-refractivity contribution in [3.63, 3.8) is 0 Å². The van der Waals surface area contributed by atoms with Gasteiger partial charge in [-0.25, -0.2) is 0 Å². The van der Waals surface area contributed by atoms with Crippen LogP contribution in [0.5, 0.6) is 0 Å². The highest BCUT2D eigenvalue weighted by Crippen LogP contribution is 2.25. The third-order valence-electron chi connectivity index (χ3n) is 5.43. The molecule has 1 fully saturated rings. The van der Waals surface area contributed by atoms with Crippen LogP contribution in [0.3, 0.4) is 0 Å². The first-order valence-corrected chi connectivity index (χ1v) is 9.36. The number of amides is 1. The minimum absolute atomic E-state index is 0. The molecule has 1 saturated heterocycles. The van der Waals surface area contributed by atoms with E-state index in [1.807, 2.05) is 38.2 Å². The van der Waals surface area contributed by atoms with Crippen LogP contribution in [0, 0.1) is 5.92 Å². The molecule has 5 heteroatoms. The monoisotopic (exact) mass is 375 g/mol. The summed E-state index contributed by atoms with van der Waals surface area (Å²) in [4.78, 5) is 15.1. The van der Waals surface area contributed by atoms with Crippen LogP contribution in [0.25, 0.3) is 10.8 Å². The van der Waals surface area contributed by atoms with Crippen molar-refractivity contribution in [2.45, 2.75) is 32.2 Å². The topological polar surface area (TPSA) is 44.4 Å². The number of carbonyl (C=O) groups excluding carboxylic acids is 1. The summed E-state index contributed by atoms with van der Waals surface area (Å²) < 4.78 is 0. The van der Waals surface area contributed by atoms with Crippen molar-refractivity contribution in [2.75, 3.05) is 32.0 Å². The Bertz CT molecular complexity index is 708. The van der Waals surface area contributed by atoms with Crippen molar-refractivity contribution in [3.05, 3.63) is 42.5 Å². The van der Waals surface area contributed by atoms with Crippen molar-refractivity contribution in [1.82, 2.24) is 10.2 Å². The Morgan fingerprint density at radius 3 is 2.58 bits per heavy atom. The zero-order valence-corrected chi connectivity index (χ0v) is 16.5. The second-order valence-corrected chi connectivity index (χ2v) is 7.06. The van der Waals surface area contributed by atoms with Crippen molar-refractivity contribution < 1.29 is 4.79 Å². The fourth-order valence-corrected chi connectivity index (χ4v) is 3.71. The number of carbonyl (C=O) groups is 1. The van der Waals surface area contributed by atoms with Crippen molar-refractivity contribution >= 4 is 34.8 Å². The maximum atomic E-state index is 12.7. The Hall–Kier alpha value is -1.62. The molecular formula is C21H30ClN3O. The fourth-order valence-electron chi connectivity index (χ4n) is 3.71. The molecule has 0 radical (unpaired) electrons. The summed E-state index contributed by atoms with van der Waals surface area (Å²) >= 11 is 0. The molecule has 3 rings (SSSR count). The maximum absolute atomic E-state index is 12.7. The Balaban J connectivity index is 0.00000243. The molecule has 26 heavy (non-hydrogen) atoms. The molecule has 0 aromatic heterocycles. The largest absolute Gasteiger partial charge is 0.324 e. The molecule has 142 valence electrons. The van der Waals surface area contributed by atoms with Gasteiger partial charge in [-0.05, 0) is 70.2 Å². The zero-order chi connectivity index (χ0) is 17.6. The normalized spacial score (nSPS) is 16.8. The molecule has 0 bridgehead atoms. The number of nitrogens with one attached hydrogen (secondary N) is 2. The second kappa shape index (κ2) is 9.91. The van der Waals surface area contributed by atoms with Gasteiger partial charge in [0, 0.05) is 11.1 Å². The van der Waals surface area contributed by atoms with Gasteiger partial charge in [-0.2, -0.15) is 0 Å². The smallest absolute Gasteiger partial charge is 0.241 e. The highest BCUT2D eigenvalue weighted by Gasteiger charge is 2.26. The van der Waals surface area contributed by atoms with Crippen LogP contribution < -0.4 is 10.6 Å². The molecule has 2 aromatic carbocycles. The van der Waals surface area contributed by atoms with Crippen molar-refractivity contribution in [3.8, 4) is 0 Å². The molecule has 1 aliphatic heterocycles. The Kier molecular flexibility index (Phi) is 7.88. The number of nitrogens with zero attached hydrogens (tertiary/aromatic N) is 1. The van der Waals surface area contributed by atoms with Gasteiger partial charge in [-0.3, -0.25) is 9.69 Å². The summed E-state index contributed by atoms with van der Waals surface area (Å²) in [5.74, 6) is 0.877. The standard InChI is InChI=1S/C21H29N3O.ClH/c1-16(24-14-11-17(12-15-24)10-13-22-2)21(25)23-20-9-5-7-18-6-3-4-8-19(18)20;/h3-9,16-17,22H,10-15H2,1-2H3,(H,23,25);1H. The number of piperidine rings is 1. The number of hydrogen-bond acceptors (Lipinski definition) is 3. The van der Waals surface area contributed by atoms with Crippen LogP contribution in [-0.4, -0.2) is 43.5 Å². The molecule has 2 aromatic rings. The van der Waals surface area contributed by atoms with Gasteiger partial charge in [-0.15, -0.1) is 12.4 Å². The van der Waals surface area contributed by atoms with Crippen LogP contribution in [0.15, 0.2) is 42.5 Å². The number of rotatable bonds is 6. The number of benzene rings is 2. The van der Waals surface area contributed by atoms with Gasteiger partial charge in [0.15, 0.2) is 0 Å².